The fraction of sp³-hybridized carbons (Fsp3) is 0.351. The summed E-state index contributed by atoms with van der Waals surface area (Å²) >= 11 is 0. The maximum atomic E-state index is 15.0. The van der Waals surface area contributed by atoms with Gasteiger partial charge in [-0.25, -0.2) is 4.79 Å². The van der Waals surface area contributed by atoms with Gasteiger partial charge in [0.1, 0.15) is 36.1 Å². The van der Waals surface area contributed by atoms with Gasteiger partial charge in [0.2, 0.25) is 0 Å². The van der Waals surface area contributed by atoms with Crippen LogP contribution < -0.4 is 20.7 Å². The van der Waals surface area contributed by atoms with Crippen molar-refractivity contribution in [3.8, 4) is 11.5 Å². The van der Waals surface area contributed by atoms with Crippen molar-refractivity contribution in [2.45, 2.75) is 49.7 Å². The standard InChI is InChI=1S/C37H42F2N2O8Si/c1-44-28-15-11-26(12-16-28)37(25-9-7-6-8-10-25,27-13-17-29(45-2)18-14-27)48-23-30-32(34(38)39)33(47-24-46-21-22-50(3,4)5)35(49-30)41-20-19-31(42)40-36(41)43/h6-20,30,33,35H,21-24H2,1-5H3,(H,40,42,43)/t30-,33-,35-/m1/s1. The van der Waals surface area contributed by atoms with Crippen molar-refractivity contribution in [1.82, 2.24) is 9.55 Å². The van der Waals surface area contributed by atoms with E-state index in [4.69, 9.17) is 28.4 Å². The predicted molar refractivity (Wildman–Crippen MR) is 187 cm³/mol. The molecule has 3 aromatic carbocycles. The highest BCUT2D eigenvalue weighted by Gasteiger charge is 2.47. The van der Waals surface area contributed by atoms with E-state index in [0.717, 1.165) is 22.2 Å². The topological polar surface area (TPSA) is 110 Å². The lowest BCUT2D eigenvalue weighted by Gasteiger charge is -2.37. The Hall–Kier alpha value is -4.40. The molecule has 50 heavy (non-hydrogen) atoms. The lowest BCUT2D eigenvalue weighted by atomic mass is 9.80. The summed E-state index contributed by atoms with van der Waals surface area (Å²) in [6.07, 6.45) is -5.01. The molecule has 1 N–H and O–H groups in total. The monoisotopic (exact) mass is 708 g/mol. The van der Waals surface area contributed by atoms with Crippen LogP contribution in [0.5, 0.6) is 11.5 Å². The summed E-state index contributed by atoms with van der Waals surface area (Å²) in [6, 6.07) is 25.9. The Morgan fingerprint density at radius 1 is 0.860 bits per heavy atom. The van der Waals surface area contributed by atoms with Crippen LogP contribution in [0.2, 0.25) is 25.7 Å². The van der Waals surface area contributed by atoms with Gasteiger partial charge in [0.15, 0.2) is 6.23 Å². The maximum Gasteiger partial charge on any atom is 0.330 e. The Morgan fingerprint density at radius 2 is 1.44 bits per heavy atom. The van der Waals surface area contributed by atoms with Crippen molar-refractivity contribution in [3.05, 3.63) is 140 Å². The molecule has 13 heteroatoms. The van der Waals surface area contributed by atoms with E-state index in [9.17, 15) is 9.59 Å². The molecule has 2 heterocycles. The van der Waals surface area contributed by atoms with Crippen LogP contribution in [0.1, 0.15) is 22.9 Å². The summed E-state index contributed by atoms with van der Waals surface area (Å²) in [4.78, 5) is 26.9. The Kier molecular flexibility index (Phi) is 11.9. The normalized spacial score (nSPS) is 17.9. The summed E-state index contributed by atoms with van der Waals surface area (Å²) < 4.78 is 66.6. The molecule has 266 valence electrons. The van der Waals surface area contributed by atoms with Crippen molar-refractivity contribution >= 4 is 8.07 Å². The number of halogens is 2. The number of H-pyrrole nitrogens is 1. The van der Waals surface area contributed by atoms with Crippen LogP contribution in [0.4, 0.5) is 8.78 Å². The van der Waals surface area contributed by atoms with E-state index < -0.39 is 55.0 Å². The van der Waals surface area contributed by atoms with Gasteiger partial charge in [0.25, 0.3) is 11.6 Å². The Balaban J connectivity index is 1.56. The number of ether oxygens (including phenoxy) is 6. The van der Waals surface area contributed by atoms with E-state index in [1.807, 2.05) is 54.6 Å². The smallest absolute Gasteiger partial charge is 0.330 e. The van der Waals surface area contributed by atoms with Gasteiger partial charge < -0.3 is 28.4 Å². The first kappa shape index (κ1) is 36.9. The molecule has 0 bridgehead atoms. The number of nitrogens with zero attached hydrogens (tertiary/aromatic N) is 1. The summed E-state index contributed by atoms with van der Waals surface area (Å²) in [5.41, 5.74) is -1.21. The first-order chi connectivity index (χ1) is 24.0. The molecule has 0 spiro atoms. The summed E-state index contributed by atoms with van der Waals surface area (Å²) in [7, 11) is 1.70. The van der Waals surface area contributed by atoms with Crippen LogP contribution in [-0.2, 0) is 24.5 Å². The predicted octanol–water partition coefficient (Wildman–Crippen LogP) is 6.31. The molecule has 0 saturated carbocycles. The van der Waals surface area contributed by atoms with Crippen LogP contribution in [0.3, 0.4) is 0 Å². The van der Waals surface area contributed by atoms with Gasteiger partial charge in [-0.1, -0.05) is 74.2 Å². The molecule has 10 nitrogen and oxygen atoms in total. The second kappa shape index (κ2) is 16.1. The summed E-state index contributed by atoms with van der Waals surface area (Å²) in [6.45, 7) is 6.26. The van der Waals surface area contributed by atoms with E-state index in [1.165, 1.54) is 6.20 Å². The number of rotatable bonds is 15. The SMILES string of the molecule is COc1ccc(C(OC[C@H]2O[C@@H](n3ccc(=O)[nH]c3=O)[C@H](OCOCC[Si](C)(C)C)C2=C(F)F)(c2ccccc2)c2ccc(OC)cc2)cc1. The molecule has 1 aromatic heterocycles. The molecule has 1 aliphatic heterocycles. The van der Waals surface area contributed by atoms with Gasteiger partial charge >= 0.3 is 5.69 Å². The molecule has 3 atom stereocenters. The highest BCUT2D eigenvalue weighted by Crippen LogP contribution is 2.44. The Bertz CT molecular complexity index is 1810. The average Bonchev–Trinajstić information content (AvgIpc) is 3.47. The number of aromatic amines is 1. The molecule has 0 amide bonds. The molecular weight excluding hydrogens is 666 g/mol. The lowest BCUT2D eigenvalue weighted by Crippen LogP contribution is -2.36. The fourth-order valence-corrected chi connectivity index (χ4v) is 6.61. The number of hydrogen-bond donors (Lipinski definition) is 1. The fourth-order valence-electron chi connectivity index (χ4n) is 5.85. The first-order valence-corrected chi connectivity index (χ1v) is 19.9. The minimum absolute atomic E-state index is 0.316. The third kappa shape index (κ3) is 8.30. The molecule has 1 fully saturated rings. The van der Waals surface area contributed by atoms with E-state index in [0.29, 0.717) is 29.2 Å². The summed E-state index contributed by atoms with van der Waals surface area (Å²) in [5, 5.41) is 0. The summed E-state index contributed by atoms with van der Waals surface area (Å²) in [5.74, 6) is 1.24. The van der Waals surface area contributed by atoms with Gasteiger partial charge in [-0.2, -0.15) is 8.78 Å². The van der Waals surface area contributed by atoms with E-state index in [-0.39, 0.29) is 13.4 Å². The van der Waals surface area contributed by atoms with Crippen molar-refractivity contribution in [2.24, 2.45) is 0 Å². The van der Waals surface area contributed by atoms with Crippen LogP contribution in [0.25, 0.3) is 0 Å². The highest BCUT2D eigenvalue weighted by molar-refractivity contribution is 6.76. The molecule has 1 aliphatic rings. The van der Waals surface area contributed by atoms with Gasteiger partial charge in [0.05, 0.1) is 26.4 Å². The number of hydrogen-bond acceptors (Lipinski definition) is 8. The Labute approximate surface area is 290 Å². The molecule has 5 rings (SSSR count). The molecule has 1 saturated heterocycles. The van der Waals surface area contributed by atoms with E-state index >= 15 is 8.78 Å². The van der Waals surface area contributed by atoms with Crippen molar-refractivity contribution in [1.29, 1.82) is 0 Å². The van der Waals surface area contributed by atoms with Gasteiger partial charge in [-0.3, -0.25) is 14.3 Å². The number of methoxy groups -OCH3 is 2. The minimum atomic E-state index is -2.04. The van der Waals surface area contributed by atoms with Gasteiger partial charge in [0, 0.05) is 26.9 Å². The Morgan fingerprint density at radius 3 is 1.96 bits per heavy atom. The lowest BCUT2D eigenvalue weighted by molar-refractivity contribution is -0.129. The largest absolute Gasteiger partial charge is 0.497 e. The van der Waals surface area contributed by atoms with Crippen LogP contribution in [0, 0.1) is 0 Å². The third-order valence-corrected chi connectivity index (χ3v) is 10.2. The van der Waals surface area contributed by atoms with Crippen LogP contribution >= 0.6 is 0 Å². The number of benzene rings is 3. The van der Waals surface area contributed by atoms with Gasteiger partial charge in [-0.15, -0.1) is 0 Å². The highest BCUT2D eigenvalue weighted by atomic mass is 28.3. The van der Waals surface area contributed by atoms with Crippen LogP contribution in [0.15, 0.2) is 112 Å². The van der Waals surface area contributed by atoms with Crippen molar-refractivity contribution in [3.63, 3.8) is 0 Å². The second-order valence-corrected chi connectivity index (χ2v) is 18.6. The zero-order valence-corrected chi connectivity index (χ0v) is 29.7. The van der Waals surface area contributed by atoms with E-state index in [1.54, 1.807) is 38.5 Å². The number of nitrogens with one attached hydrogen (secondary N) is 1. The van der Waals surface area contributed by atoms with Crippen LogP contribution in [-0.4, -0.2) is 64.1 Å². The zero-order chi connectivity index (χ0) is 35.9. The molecule has 0 unspecified atom stereocenters. The second-order valence-electron chi connectivity index (χ2n) is 13.0. The third-order valence-electron chi connectivity index (χ3n) is 8.51. The molecule has 0 aliphatic carbocycles. The quantitative estimate of drug-likeness (QED) is 0.0663. The van der Waals surface area contributed by atoms with Gasteiger partial charge in [-0.05, 0) is 47.0 Å². The minimum Gasteiger partial charge on any atom is -0.497 e. The molecular formula is C37H42F2N2O8Si. The molecule has 4 aromatic rings. The van der Waals surface area contributed by atoms with Crippen molar-refractivity contribution in [2.75, 3.05) is 34.2 Å². The zero-order valence-electron chi connectivity index (χ0n) is 28.7. The maximum absolute atomic E-state index is 15.0. The van der Waals surface area contributed by atoms with E-state index in [2.05, 4.69) is 24.6 Å². The number of aromatic nitrogens is 2. The molecule has 0 radical (unpaired) electrons. The first-order valence-electron chi connectivity index (χ1n) is 16.2. The van der Waals surface area contributed by atoms with Crippen molar-refractivity contribution < 1.29 is 37.2 Å². The average molecular weight is 709 g/mol.